The molecule has 1 heterocycles. The molecule has 0 aliphatic carbocycles. The molecule has 0 saturated carbocycles. The number of benzene rings is 1. The number of aromatic nitrogens is 2. The van der Waals surface area contributed by atoms with Gasteiger partial charge in [0.1, 0.15) is 11.9 Å². The Morgan fingerprint density at radius 1 is 1.47 bits per heavy atom. The molecule has 0 N–H and O–H groups in total. The minimum atomic E-state index is 0.545. The third-order valence-electron chi connectivity index (χ3n) is 2.16. The highest BCUT2D eigenvalue weighted by Gasteiger charge is 2.06. The lowest BCUT2D eigenvalue weighted by molar-refractivity contribution is 0.971. The number of hydrogen-bond acceptors (Lipinski definition) is 2. The van der Waals surface area contributed by atoms with Crippen molar-refractivity contribution in [2.24, 2.45) is 0 Å². The molecule has 1 aromatic carbocycles. The average Bonchev–Trinajstić information content (AvgIpc) is 2.64. The van der Waals surface area contributed by atoms with Crippen LogP contribution in [0.3, 0.4) is 0 Å². The van der Waals surface area contributed by atoms with E-state index in [4.69, 9.17) is 16.9 Å². The van der Waals surface area contributed by atoms with Crippen molar-refractivity contribution in [3.8, 4) is 11.8 Å². The second kappa shape index (κ2) is 3.76. The van der Waals surface area contributed by atoms with E-state index in [9.17, 15) is 0 Å². The van der Waals surface area contributed by atoms with Gasteiger partial charge in [0.15, 0.2) is 0 Å². The lowest BCUT2D eigenvalue weighted by Crippen LogP contribution is -1.98. The molecule has 1 aromatic heterocycles. The average molecular weight is 218 g/mol. The van der Waals surface area contributed by atoms with Gasteiger partial charge in [0, 0.05) is 17.4 Å². The maximum atomic E-state index is 8.99. The van der Waals surface area contributed by atoms with Crippen molar-refractivity contribution in [2.45, 2.75) is 6.92 Å². The van der Waals surface area contributed by atoms with Crippen LogP contribution in [-0.2, 0) is 0 Å². The molecule has 0 unspecified atom stereocenters. The Morgan fingerprint density at radius 2 is 2.27 bits per heavy atom. The van der Waals surface area contributed by atoms with E-state index in [1.165, 1.54) is 0 Å². The predicted molar refractivity (Wildman–Crippen MR) is 58.0 cm³/mol. The first-order chi connectivity index (χ1) is 7.22. The molecule has 0 fully saturated rings. The molecule has 74 valence electrons. The lowest BCUT2D eigenvalue weighted by atomic mass is 10.2. The van der Waals surface area contributed by atoms with Crippen molar-refractivity contribution < 1.29 is 0 Å². The number of nitriles is 1. The van der Waals surface area contributed by atoms with Crippen LogP contribution in [-0.4, -0.2) is 9.55 Å². The molecular weight excluding hydrogens is 210 g/mol. The van der Waals surface area contributed by atoms with Crippen LogP contribution in [0.25, 0.3) is 5.69 Å². The molecule has 0 spiro atoms. The fraction of sp³-hybridized carbons (Fsp3) is 0.0909. The van der Waals surface area contributed by atoms with E-state index in [-0.39, 0.29) is 0 Å². The van der Waals surface area contributed by atoms with E-state index in [0.29, 0.717) is 10.6 Å². The topological polar surface area (TPSA) is 41.6 Å². The van der Waals surface area contributed by atoms with E-state index in [0.717, 1.165) is 11.5 Å². The second-order valence-electron chi connectivity index (χ2n) is 3.12. The van der Waals surface area contributed by atoms with Gasteiger partial charge < -0.3 is 4.57 Å². The Morgan fingerprint density at radius 3 is 2.87 bits per heavy atom. The van der Waals surface area contributed by atoms with Crippen LogP contribution in [0, 0.1) is 18.3 Å². The van der Waals surface area contributed by atoms with Gasteiger partial charge >= 0.3 is 0 Å². The summed E-state index contributed by atoms with van der Waals surface area (Å²) in [5.41, 5.74) is 1.35. The molecule has 0 radical (unpaired) electrons. The zero-order valence-electron chi connectivity index (χ0n) is 8.11. The number of imidazole rings is 1. The van der Waals surface area contributed by atoms with Gasteiger partial charge in [0.05, 0.1) is 11.3 Å². The number of nitrogens with zero attached hydrogens (tertiary/aromatic N) is 3. The molecule has 0 bridgehead atoms. The Hall–Kier alpha value is -1.79. The number of hydrogen-bond donors (Lipinski definition) is 0. The summed E-state index contributed by atoms with van der Waals surface area (Å²) in [6, 6.07) is 7.34. The van der Waals surface area contributed by atoms with Crippen molar-refractivity contribution in [2.75, 3.05) is 0 Å². The SMILES string of the molecule is Cc1nccn1-c1ccc(Cl)cc1C#N. The molecule has 4 heteroatoms. The molecule has 0 aliphatic heterocycles. The summed E-state index contributed by atoms with van der Waals surface area (Å²) < 4.78 is 1.86. The van der Waals surface area contributed by atoms with Crippen molar-refractivity contribution in [3.05, 3.63) is 47.0 Å². The van der Waals surface area contributed by atoms with Crippen LogP contribution in [0.15, 0.2) is 30.6 Å². The summed E-state index contributed by atoms with van der Waals surface area (Å²) in [4.78, 5) is 4.11. The zero-order chi connectivity index (χ0) is 10.8. The highest BCUT2D eigenvalue weighted by Crippen LogP contribution is 2.19. The summed E-state index contributed by atoms with van der Waals surface area (Å²) >= 11 is 5.82. The summed E-state index contributed by atoms with van der Waals surface area (Å²) in [6.07, 6.45) is 3.52. The van der Waals surface area contributed by atoms with Gasteiger partial charge in [0.2, 0.25) is 0 Å². The standard InChI is InChI=1S/C11H8ClN3/c1-8-14-4-5-15(8)11-3-2-10(12)6-9(11)7-13/h2-6H,1H3. The molecule has 0 atom stereocenters. The summed E-state index contributed by atoms with van der Waals surface area (Å²) in [5, 5.41) is 9.55. The fourth-order valence-corrected chi connectivity index (χ4v) is 1.61. The largest absolute Gasteiger partial charge is 0.303 e. The molecule has 15 heavy (non-hydrogen) atoms. The van der Waals surface area contributed by atoms with Crippen LogP contribution in [0.1, 0.15) is 11.4 Å². The number of rotatable bonds is 1. The molecule has 2 aromatic rings. The summed E-state index contributed by atoms with van der Waals surface area (Å²) in [5.74, 6) is 0.842. The van der Waals surface area contributed by atoms with Crippen LogP contribution in [0.5, 0.6) is 0 Å². The van der Waals surface area contributed by atoms with Gasteiger partial charge in [-0.15, -0.1) is 0 Å². The maximum Gasteiger partial charge on any atom is 0.110 e. The van der Waals surface area contributed by atoms with Gasteiger partial charge in [-0.3, -0.25) is 0 Å². The minimum Gasteiger partial charge on any atom is -0.303 e. The molecule has 2 rings (SSSR count). The fourth-order valence-electron chi connectivity index (χ4n) is 1.44. The number of aryl methyl sites for hydroxylation is 1. The monoisotopic (exact) mass is 217 g/mol. The Labute approximate surface area is 92.6 Å². The first-order valence-corrected chi connectivity index (χ1v) is 4.80. The minimum absolute atomic E-state index is 0.545. The smallest absolute Gasteiger partial charge is 0.110 e. The summed E-state index contributed by atoms with van der Waals surface area (Å²) in [7, 11) is 0. The first kappa shape index (κ1) is 9.75. The van der Waals surface area contributed by atoms with Crippen molar-refractivity contribution in [1.82, 2.24) is 9.55 Å². The van der Waals surface area contributed by atoms with Gasteiger partial charge in [-0.1, -0.05) is 11.6 Å². The first-order valence-electron chi connectivity index (χ1n) is 4.42. The molecule has 0 aliphatic rings. The third kappa shape index (κ3) is 1.72. The summed E-state index contributed by atoms with van der Waals surface area (Å²) in [6.45, 7) is 1.88. The van der Waals surface area contributed by atoms with Crippen molar-refractivity contribution in [3.63, 3.8) is 0 Å². The predicted octanol–water partition coefficient (Wildman–Crippen LogP) is 2.71. The van der Waals surface area contributed by atoms with E-state index in [2.05, 4.69) is 11.1 Å². The Bertz CT molecular complexity index is 537. The van der Waals surface area contributed by atoms with E-state index < -0.39 is 0 Å². The normalized spacial score (nSPS) is 9.93. The Kier molecular flexibility index (Phi) is 2.44. The number of halogens is 1. The van der Waals surface area contributed by atoms with Crippen molar-refractivity contribution in [1.29, 1.82) is 5.26 Å². The van der Waals surface area contributed by atoms with Crippen LogP contribution >= 0.6 is 11.6 Å². The van der Waals surface area contributed by atoms with E-state index in [1.807, 2.05) is 23.8 Å². The van der Waals surface area contributed by atoms with Gasteiger partial charge in [-0.25, -0.2) is 4.98 Å². The molecule has 0 saturated heterocycles. The Balaban J connectivity index is 2.64. The van der Waals surface area contributed by atoms with Gasteiger partial charge in [0.25, 0.3) is 0 Å². The van der Waals surface area contributed by atoms with E-state index >= 15 is 0 Å². The van der Waals surface area contributed by atoms with Gasteiger partial charge in [-0.2, -0.15) is 5.26 Å². The zero-order valence-corrected chi connectivity index (χ0v) is 8.86. The third-order valence-corrected chi connectivity index (χ3v) is 2.40. The van der Waals surface area contributed by atoms with Crippen molar-refractivity contribution >= 4 is 11.6 Å². The van der Waals surface area contributed by atoms with E-state index in [1.54, 1.807) is 18.3 Å². The van der Waals surface area contributed by atoms with Crippen LogP contribution < -0.4 is 0 Å². The van der Waals surface area contributed by atoms with Crippen LogP contribution in [0.4, 0.5) is 0 Å². The lowest BCUT2D eigenvalue weighted by Gasteiger charge is -2.06. The maximum absolute atomic E-state index is 8.99. The quantitative estimate of drug-likeness (QED) is 0.737. The second-order valence-corrected chi connectivity index (χ2v) is 3.55. The highest BCUT2D eigenvalue weighted by atomic mass is 35.5. The van der Waals surface area contributed by atoms with Crippen LogP contribution in [0.2, 0.25) is 5.02 Å². The molecule has 0 amide bonds. The van der Waals surface area contributed by atoms with Gasteiger partial charge in [-0.05, 0) is 25.1 Å². The molecular formula is C11H8ClN3. The highest BCUT2D eigenvalue weighted by molar-refractivity contribution is 6.30. The molecule has 3 nitrogen and oxygen atoms in total.